The van der Waals surface area contributed by atoms with Gasteiger partial charge >= 0.3 is 0 Å². The molecule has 0 bridgehead atoms. The van der Waals surface area contributed by atoms with E-state index in [9.17, 15) is 5.11 Å². The van der Waals surface area contributed by atoms with Gasteiger partial charge in [-0.25, -0.2) is 0 Å². The molecule has 0 amide bonds. The number of nitrogens with zero attached hydrogens (tertiary/aromatic N) is 3. The molecule has 0 aromatic heterocycles. The van der Waals surface area contributed by atoms with Crippen LogP contribution in [-0.4, -0.2) is 85.5 Å². The van der Waals surface area contributed by atoms with E-state index in [1.54, 1.807) is 11.8 Å². The Morgan fingerprint density at radius 2 is 1.91 bits per heavy atom. The lowest BCUT2D eigenvalue weighted by Gasteiger charge is -2.34. The van der Waals surface area contributed by atoms with Crippen LogP contribution in [0.2, 0.25) is 0 Å². The van der Waals surface area contributed by atoms with Gasteiger partial charge in [-0.05, 0) is 32.0 Å². The number of thioether (sulfide) groups is 1. The Bertz CT molecular complexity index is 449. The summed E-state index contributed by atoms with van der Waals surface area (Å²) >= 11 is 1.78. The number of likely N-dealkylation sites (N-methyl/N-ethyl adjacent to an activating group) is 2. The maximum absolute atomic E-state index is 10.3. The van der Waals surface area contributed by atoms with E-state index < -0.39 is 0 Å². The number of aliphatic hydroxyl groups is 1. The standard InChI is InChI=1S/C17H29N3OS/c1-18-8-10-20(11-9-18)14-16(21)13-19(2)12-15-6-4-5-7-17(15)22-3/h4-7,16,21H,8-14H2,1-3H3. The Hall–Kier alpha value is -0.590. The average molecular weight is 324 g/mol. The number of hydrogen-bond donors (Lipinski definition) is 1. The highest BCUT2D eigenvalue weighted by atomic mass is 32.2. The fourth-order valence-electron chi connectivity index (χ4n) is 2.93. The molecule has 1 fully saturated rings. The van der Waals surface area contributed by atoms with Crippen molar-refractivity contribution in [2.75, 3.05) is 59.6 Å². The zero-order valence-electron chi connectivity index (χ0n) is 14.0. The van der Waals surface area contributed by atoms with E-state index in [1.165, 1.54) is 10.5 Å². The van der Waals surface area contributed by atoms with Gasteiger partial charge in [0.25, 0.3) is 0 Å². The molecule has 124 valence electrons. The molecule has 1 heterocycles. The second-order valence-electron chi connectivity index (χ2n) is 6.27. The van der Waals surface area contributed by atoms with E-state index in [4.69, 9.17) is 0 Å². The first-order valence-electron chi connectivity index (χ1n) is 7.98. The molecule has 0 radical (unpaired) electrons. The van der Waals surface area contributed by atoms with Crippen molar-refractivity contribution in [3.63, 3.8) is 0 Å². The van der Waals surface area contributed by atoms with E-state index in [1.807, 2.05) is 0 Å². The maximum atomic E-state index is 10.3. The zero-order valence-corrected chi connectivity index (χ0v) is 14.9. The number of β-amino-alcohol motifs (C(OH)–C–C–N with tert-alkyl or cyclic N) is 1. The first-order chi connectivity index (χ1) is 10.6. The molecule has 5 heteroatoms. The van der Waals surface area contributed by atoms with Gasteiger partial charge in [-0.2, -0.15) is 0 Å². The first-order valence-corrected chi connectivity index (χ1v) is 9.20. The maximum Gasteiger partial charge on any atom is 0.0793 e. The van der Waals surface area contributed by atoms with Crippen LogP contribution in [0.5, 0.6) is 0 Å². The lowest BCUT2D eigenvalue weighted by Crippen LogP contribution is -2.48. The normalized spacial score (nSPS) is 18.8. The van der Waals surface area contributed by atoms with Crippen LogP contribution < -0.4 is 0 Å². The van der Waals surface area contributed by atoms with Crippen molar-refractivity contribution >= 4 is 11.8 Å². The van der Waals surface area contributed by atoms with Crippen LogP contribution in [0.15, 0.2) is 29.2 Å². The molecule has 1 unspecified atom stereocenters. The molecule has 0 aliphatic carbocycles. The fraction of sp³-hybridized carbons (Fsp3) is 0.647. The second kappa shape index (κ2) is 8.89. The molecule has 1 aromatic carbocycles. The molecule has 1 saturated heterocycles. The van der Waals surface area contributed by atoms with Gasteiger partial charge in [0.2, 0.25) is 0 Å². The third kappa shape index (κ3) is 5.56. The van der Waals surface area contributed by atoms with Crippen molar-refractivity contribution in [3.8, 4) is 0 Å². The number of benzene rings is 1. The summed E-state index contributed by atoms with van der Waals surface area (Å²) in [6.07, 6.45) is 1.83. The van der Waals surface area contributed by atoms with Crippen LogP contribution >= 0.6 is 11.8 Å². The minimum absolute atomic E-state index is 0.283. The summed E-state index contributed by atoms with van der Waals surface area (Å²) in [7, 11) is 4.25. The van der Waals surface area contributed by atoms with Crippen molar-refractivity contribution < 1.29 is 5.11 Å². The molecule has 2 rings (SSSR count). The van der Waals surface area contributed by atoms with Crippen molar-refractivity contribution in [1.29, 1.82) is 0 Å². The van der Waals surface area contributed by atoms with Gasteiger partial charge in [-0.3, -0.25) is 9.80 Å². The molecule has 1 aromatic rings. The summed E-state index contributed by atoms with van der Waals surface area (Å²) < 4.78 is 0. The SMILES string of the molecule is CSc1ccccc1CN(C)CC(O)CN1CCN(C)CC1. The van der Waals surface area contributed by atoms with E-state index in [0.717, 1.165) is 45.8 Å². The second-order valence-corrected chi connectivity index (χ2v) is 7.11. The topological polar surface area (TPSA) is 30.0 Å². The quantitative estimate of drug-likeness (QED) is 0.767. The largest absolute Gasteiger partial charge is 0.390 e. The molecule has 1 aliphatic heterocycles. The highest BCUT2D eigenvalue weighted by molar-refractivity contribution is 7.98. The van der Waals surface area contributed by atoms with Crippen LogP contribution in [0, 0.1) is 0 Å². The third-order valence-electron chi connectivity index (χ3n) is 4.22. The molecule has 1 atom stereocenters. The van der Waals surface area contributed by atoms with Crippen molar-refractivity contribution in [2.45, 2.75) is 17.5 Å². The molecular weight excluding hydrogens is 294 g/mol. The molecule has 0 spiro atoms. The Balaban J connectivity index is 1.77. The third-order valence-corrected chi connectivity index (χ3v) is 5.06. The van der Waals surface area contributed by atoms with E-state index in [2.05, 4.69) is 59.3 Å². The van der Waals surface area contributed by atoms with Crippen molar-refractivity contribution in [1.82, 2.24) is 14.7 Å². The summed E-state index contributed by atoms with van der Waals surface area (Å²) in [5, 5.41) is 10.3. The van der Waals surface area contributed by atoms with Gasteiger partial charge in [-0.1, -0.05) is 18.2 Å². The summed E-state index contributed by atoms with van der Waals surface area (Å²) in [5.74, 6) is 0. The minimum Gasteiger partial charge on any atom is -0.390 e. The average Bonchev–Trinajstić information content (AvgIpc) is 2.50. The predicted octanol–water partition coefficient (Wildman–Crippen LogP) is 1.45. The van der Waals surface area contributed by atoms with Crippen LogP contribution in [0.4, 0.5) is 0 Å². The Labute approximate surface area is 139 Å². The van der Waals surface area contributed by atoms with Gasteiger partial charge in [0, 0.05) is 50.7 Å². The Morgan fingerprint density at radius 1 is 1.23 bits per heavy atom. The van der Waals surface area contributed by atoms with Crippen molar-refractivity contribution in [2.24, 2.45) is 0 Å². The molecule has 1 N–H and O–H groups in total. The van der Waals surface area contributed by atoms with Crippen LogP contribution in [-0.2, 0) is 6.54 Å². The van der Waals surface area contributed by atoms with Crippen LogP contribution in [0.25, 0.3) is 0 Å². The number of piperazine rings is 1. The Morgan fingerprint density at radius 3 is 2.59 bits per heavy atom. The van der Waals surface area contributed by atoms with Crippen LogP contribution in [0.1, 0.15) is 5.56 Å². The fourth-order valence-corrected chi connectivity index (χ4v) is 3.54. The summed E-state index contributed by atoms with van der Waals surface area (Å²) in [6, 6.07) is 8.50. The molecule has 4 nitrogen and oxygen atoms in total. The van der Waals surface area contributed by atoms with Gasteiger partial charge in [0.15, 0.2) is 0 Å². The van der Waals surface area contributed by atoms with Gasteiger partial charge in [-0.15, -0.1) is 11.8 Å². The molecular formula is C17H29N3OS. The Kier molecular flexibility index (Phi) is 7.18. The van der Waals surface area contributed by atoms with Gasteiger partial charge in [0.1, 0.15) is 0 Å². The molecule has 22 heavy (non-hydrogen) atoms. The highest BCUT2D eigenvalue weighted by Gasteiger charge is 2.18. The smallest absolute Gasteiger partial charge is 0.0793 e. The monoisotopic (exact) mass is 323 g/mol. The number of rotatable bonds is 7. The predicted molar refractivity (Wildman–Crippen MR) is 94.5 cm³/mol. The van der Waals surface area contributed by atoms with E-state index in [0.29, 0.717) is 0 Å². The number of aliphatic hydroxyl groups excluding tert-OH is 1. The molecule has 1 aliphatic rings. The minimum atomic E-state index is -0.283. The lowest BCUT2D eigenvalue weighted by atomic mass is 10.2. The molecule has 0 saturated carbocycles. The van der Waals surface area contributed by atoms with Crippen LogP contribution in [0.3, 0.4) is 0 Å². The summed E-state index contributed by atoms with van der Waals surface area (Å²) in [5.41, 5.74) is 1.34. The van der Waals surface area contributed by atoms with Gasteiger partial charge in [0.05, 0.1) is 6.10 Å². The first kappa shape index (κ1) is 17.8. The zero-order chi connectivity index (χ0) is 15.9. The van der Waals surface area contributed by atoms with Gasteiger partial charge < -0.3 is 10.0 Å². The van der Waals surface area contributed by atoms with E-state index >= 15 is 0 Å². The van der Waals surface area contributed by atoms with E-state index in [-0.39, 0.29) is 6.10 Å². The lowest BCUT2D eigenvalue weighted by molar-refractivity contribution is 0.0592. The number of hydrogen-bond acceptors (Lipinski definition) is 5. The summed E-state index contributed by atoms with van der Waals surface area (Å²) in [4.78, 5) is 8.25. The summed E-state index contributed by atoms with van der Waals surface area (Å²) in [6.45, 7) is 6.71. The highest BCUT2D eigenvalue weighted by Crippen LogP contribution is 2.20. The van der Waals surface area contributed by atoms with Crippen molar-refractivity contribution in [3.05, 3.63) is 29.8 Å².